The number of carbonyl (C=O) groups is 2. The van der Waals surface area contributed by atoms with Crippen molar-refractivity contribution in [1.29, 1.82) is 0 Å². The lowest BCUT2D eigenvalue weighted by atomic mass is 9.82. The number of hydrogen-bond donors (Lipinski definition) is 1. The molecule has 1 amide bonds. The number of nitrogens with zero attached hydrogens (tertiary/aromatic N) is 2. The van der Waals surface area contributed by atoms with Crippen LogP contribution in [0.3, 0.4) is 0 Å². The molecule has 0 radical (unpaired) electrons. The van der Waals surface area contributed by atoms with Crippen molar-refractivity contribution in [2.45, 2.75) is 26.7 Å². The van der Waals surface area contributed by atoms with Crippen molar-refractivity contribution in [2.75, 3.05) is 20.8 Å². The number of hydrazone groups is 1. The van der Waals surface area contributed by atoms with Crippen LogP contribution >= 0.6 is 0 Å². The van der Waals surface area contributed by atoms with E-state index in [4.69, 9.17) is 14.6 Å². The summed E-state index contributed by atoms with van der Waals surface area (Å²) in [7, 11) is 3.10. The minimum absolute atomic E-state index is 0.237. The molecule has 0 atom stereocenters. The molecule has 7 nitrogen and oxygen atoms in total. The van der Waals surface area contributed by atoms with Crippen LogP contribution < -0.4 is 9.47 Å². The topological polar surface area (TPSA) is 88.4 Å². The van der Waals surface area contributed by atoms with E-state index in [9.17, 15) is 9.59 Å². The molecule has 1 aliphatic rings. The molecular formula is C17H22N2O5. The lowest BCUT2D eigenvalue weighted by Crippen LogP contribution is -2.32. The Labute approximate surface area is 140 Å². The molecule has 1 aliphatic heterocycles. The summed E-state index contributed by atoms with van der Waals surface area (Å²) in [5.74, 6) is -0.250. The maximum absolute atomic E-state index is 12.3. The molecule has 1 N–H and O–H groups in total. The molecule has 0 aromatic heterocycles. The molecule has 24 heavy (non-hydrogen) atoms. The van der Waals surface area contributed by atoms with Gasteiger partial charge < -0.3 is 14.6 Å². The van der Waals surface area contributed by atoms with Crippen LogP contribution in [0.2, 0.25) is 0 Å². The van der Waals surface area contributed by atoms with Gasteiger partial charge in [0.1, 0.15) is 6.54 Å². The van der Waals surface area contributed by atoms with Gasteiger partial charge in [-0.15, -0.1) is 0 Å². The van der Waals surface area contributed by atoms with Crippen molar-refractivity contribution in [3.63, 3.8) is 0 Å². The fourth-order valence-electron chi connectivity index (χ4n) is 2.68. The van der Waals surface area contributed by atoms with E-state index in [0.29, 0.717) is 23.6 Å². The molecule has 0 unspecified atom stereocenters. The third-order valence-electron chi connectivity index (χ3n) is 3.81. The monoisotopic (exact) mass is 334 g/mol. The third kappa shape index (κ3) is 4.04. The molecule has 0 bridgehead atoms. The van der Waals surface area contributed by atoms with E-state index in [-0.39, 0.29) is 17.7 Å². The number of carboxylic acid groups (broad SMARTS) is 1. The lowest BCUT2D eigenvalue weighted by molar-refractivity contribution is -0.145. The highest BCUT2D eigenvalue weighted by molar-refractivity contribution is 6.03. The normalized spacial score (nSPS) is 17.1. The molecule has 0 saturated carbocycles. The molecule has 0 fully saturated rings. The van der Waals surface area contributed by atoms with Gasteiger partial charge >= 0.3 is 5.97 Å². The second-order valence-electron chi connectivity index (χ2n) is 6.48. The van der Waals surface area contributed by atoms with E-state index in [0.717, 1.165) is 10.6 Å². The Hall–Kier alpha value is -2.57. The minimum Gasteiger partial charge on any atom is -0.493 e. The quantitative estimate of drug-likeness (QED) is 0.891. The SMILES string of the molecule is COc1ccc(C2=NN(CC(=O)O)C(=O)CC(C)(C)C2)cc1OC. The Bertz CT molecular complexity index is 682. The summed E-state index contributed by atoms with van der Waals surface area (Å²) in [5.41, 5.74) is 1.09. The fourth-order valence-corrected chi connectivity index (χ4v) is 2.68. The largest absolute Gasteiger partial charge is 0.493 e. The van der Waals surface area contributed by atoms with Crippen molar-refractivity contribution >= 4 is 17.6 Å². The van der Waals surface area contributed by atoms with E-state index in [1.807, 2.05) is 19.9 Å². The average Bonchev–Trinajstić information content (AvgIpc) is 2.61. The number of methoxy groups -OCH3 is 2. The Morgan fingerprint density at radius 1 is 1.25 bits per heavy atom. The number of hydrogen-bond acceptors (Lipinski definition) is 5. The molecule has 2 rings (SSSR count). The predicted molar refractivity (Wildman–Crippen MR) is 88.4 cm³/mol. The van der Waals surface area contributed by atoms with Gasteiger partial charge in [-0.25, -0.2) is 5.01 Å². The Morgan fingerprint density at radius 3 is 2.50 bits per heavy atom. The van der Waals surface area contributed by atoms with Crippen molar-refractivity contribution in [3.8, 4) is 11.5 Å². The van der Waals surface area contributed by atoms with Crippen LogP contribution in [-0.4, -0.2) is 48.5 Å². The van der Waals surface area contributed by atoms with Gasteiger partial charge in [-0.05, 0) is 30.0 Å². The number of ether oxygens (including phenoxy) is 2. The zero-order chi connectivity index (χ0) is 17.9. The first-order chi connectivity index (χ1) is 11.3. The second-order valence-corrected chi connectivity index (χ2v) is 6.48. The van der Waals surface area contributed by atoms with Crippen molar-refractivity contribution in [3.05, 3.63) is 23.8 Å². The summed E-state index contributed by atoms with van der Waals surface area (Å²) in [6.45, 7) is 3.47. The van der Waals surface area contributed by atoms with Crippen molar-refractivity contribution < 1.29 is 24.2 Å². The summed E-state index contributed by atoms with van der Waals surface area (Å²) >= 11 is 0. The van der Waals surface area contributed by atoms with Crippen LogP contribution in [0.4, 0.5) is 0 Å². The highest BCUT2D eigenvalue weighted by atomic mass is 16.5. The van der Waals surface area contributed by atoms with E-state index < -0.39 is 12.5 Å². The van der Waals surface area contributed by atoms with Gasteiger partial charge in [0.25, 0.3) is 0 Å². The summed E-state index contributed by atoms with van der Waals surface area (Å²) in [5, 5.41) is 14.4. The summed E-state index contributed by atoms with van der Waals surface area (Å²) in [6, 6.07) is 5.37. The highest BCUT2D eigenvalue weighted by Gasteiger charge is 2.32. The van der Waals surface area contributed by atoms with Gasteiger partial charge in [0.2, 0.25) is 5.91 Å². The first kappa shape index (κ1) is 17.8. The molecule has 1 aromatic carbocycles. The minimum atomic E-state index is -1.10. The average molecular weight is 334 g/mol. The van der Waals surface area contributed by atoms with Crippen LogP contribution in [0, 0.1) is 5.41 Å². The Kier molecular flexibility index (Phi) is 5.11. The third-order valence-corrected chi connectivity index (χ3v) is 3.81. The zero-order valence-electron chi connectivity index (χ0n) is 14.3. The van der Waals surface area contributed by atoms with Crippen LogP contribution in [0.15, 0.2) is 23.3 Å². The van der Waals surface area contributed by atoms with Gasteiger partial charge in [0, 0.05) is 12.0 Å². The number of carboxylic acids is 1. The van der Waals surface area contributed by atoms with Gasteiger partial charge in [-0.2, -0.15) is 5.10 Å². The molecule has 7 heteroatoms. The van der Waals surface area contributed by atoms with Gasteiger partial charge in [0.15, 0.2) is 11.5 Å². The fraction of sp³-hybridized carbons (Fsp3) is 0.471. The second kappa shape index (κ2) is 6.90. The number of rotatable bonds is 5. The van der Waals surface area contributed by atoms with E-state index >= 15 is 0 Å². The maximum atomic E-state index is 12.3. The van der Waals surface area contributed by atoms with Crippen LogP contribution in [-0.2, 0) is 9.59 Å². The van der Waals surface area contributed by atoms with Crippen LogP contribution in [0.1, 0.15) is 32.3 Å². The standard InChI is InChI=1S/C17H22N2O5/c1-17(2)8-12(18-19(10-16(21)22)15(20)9-17)11-5-6-13(23-3)14(7-11)24-4/h5-7H,8-10H2,1-4H3,(H,21,22). The van der Waals surface area contributed by atoms with E-state index in [1.54, 1.807) is 26.4 Å². The Balaban J connectivity index is 2.47. The van der Waals surface area contributed by atoms with E-state index in [1.165, 1.54) is 0 Å². The summed E-state index contributed by atoms with van der Waals surface area (Å²) < 4.78 is 10.5. The highest BCUT2D eigenvalue weighted by Crippen LogP contribution is 2.34. The zero-order valence-corrected chi connectivity index (χ0v) is 14.3. The van der Waals surface area contributed by atoms with Crippen LogP contribution in [0.25, 0.3) is 0 Å². The van der Waals surface area contributed by atoms with E-state index in [2.05, 4.69) is 5.10 Å². The maximum Gasteiger partial charge on any atom is 0.325 e. The number of carbonyl (C=O) groups excluding carboxylic acids is 1. The molecule has 130 valence electrons. The number of benzene rings is 1. The Morgan fingerprint density at radius 2 is 1.92 bits per heavy atom. The number of amides is 1. The molecule has 1 aromatic rings. The molecule has 0 spiro atoms. The molecule has 1 heterocycles. The van der Waals surface area contributed by atoms with Crippen LogP contribution in [0.5, 0.6) is 11.5 Å². The first-order valence-electron chi connectivity index (χ1n) is 7.58. The summed E-state index contributed by atoms with van der Waals surface area (Å²) in [6.07, 6.45) is 0.783. The van der Waals surface area contributed by atoms with Crippen molar-refractivity contribution in [2.24, 2.45) is 10.5 Å². The first-order valence-corrected chi connectivity index (χ1v) is 7.58. The molecule has 0 aliphatic carbocycles. The lowest BCUT2D eigenvalue weighted by Gasteiger charge is -2.22. The predicted octanol–water partition coefficient (Wildman–Crippen LogP) is 2.14. The van der Waals surface area contributed by atoms with Gasteiger partial charge in [-0.3, -0.25) is 9.59 Å². The molecular weight excluding hydrogens is 312 g/mol. The summed E-state index contributed by atoms with van der Waals surface area (Å²) in [4.78, 5) is 23.3. The van der Waals surface area contributed by atoms with Crippen molar-refractivity contribution in [1.82, 2.24) is 5.01 Å². The smallest absolute Gasteiger partial charge is 0.325 e. The van der Waals surface area contributed by atoms with Gasteiger partial charge in [0.05, 0.1) is 19.9 Å². The number of aliphatic carboxylic acids is 1. The van der Waals surface area contributed by atoms with Gasteiger partial charge in [-0.1, -0.05) is 13.8 Å². The molecule has 0 saturated heterocycles.